The topological polar surface area (TPSA) is 292 Å². The number of esters is 2. The molecule has 4 bridgehead atoms. The summed E-state index contributed by atoms with van der Waals surface area (Å²) in [7, 11) is 4.05. The molecule has 0 aliphatic carbocycles. The molecule has 486 valence electrons. The smallest absolute Gasteiger partial charge is 0.409 e. The third-order valence-electron chi connectivity index (χ3n) is 16.5. The minimum Gasteiger partial charge on any atom is -0.465 e. The van der Waals surface area contributed by atoms with Gasteiger partial charge >= 0.3 is 24.1 Å². The van der Waals surface area contributed by atoms with E-state index in [1.165, 1.54) is 26.0 Å². The van der Waals surface area contributed by atoms with E-state index in [9.17, 15) is 48.3 Å². The summed E-state index contributed by atoms with van der Waals surface area (Å²) in [5.41, 5.74) is 3.30. The highest BCUT2D eigenvalue weighted by atomic mass is 79.9. The monoisotopic (exact) mass is 1380 g/mol. The van der Waals surface area contributed by atoms with Gasteiger partial charge in [-0.1, -0.05) is 94.1 Å². The summed E-state index contributed by atoms with van der Waals surface area (Å²) in [6.07, 6.45) is 0.631. The van der Waals surface area contributed by atoms with Crippen LogP contribution in [0.25, 0.3) is 0 Å². The number of aryl methyl sites for hydroxylation is 1. The summed E-state index contributed by atoms with van der Waals surface area (Å²) < 4.78 is 61.4. The van der Waals surface area contributed by atoms with Crippen LogP contribution in [0.3, 0.4) is 0 Å². The molecule has 88 heavy (non-hydrogen) atoms. The van der Waals surface area contributed by atoms with E-state index in [0.717, 1.165) is 23.1 Å². The Morgan fingerprint density at radius 3 is 2.34 bits per heavy atom. The van der Waals surface area contributed by atoms with E-state index in [0.29, 0.717) is 64.7 Å². The number of nitrogens with one attached hydrogen (secondary N) is 3. The minimum absolute atomic E-state index is 0.00953. The maximum Gasteiger partial charge on any atom is 0.409 e. The van der Waals surface area contributed by atoms with Crippen LogP contribution in [0.5, 0.6) is 0 Å². The van der Waals surface area contributed by atoms with Crippen LogP contribution in [0, 0.1) is 42.2 Å². The van der Waals surface area contributed by atoms with Gasteiger partial charge in [0.1, 0.15) is 47.4 Å². The summed E-state index contributed by atoms with van der Waals surface area (Å²) in [6.45, 7) is 12.0. The molecule has 3 aliphatic rings. The van der Waals surface area contributed by atoms with Crippen LogP contribution in [0.2, 0.25) is 5.02 Å². The van der Waals surface area contributed by atoms with Crippen molar-refractivity contribution in [2.24, 2.45) is 29.4 Å². The number of methoxy groups -OCH3 is 1. The molecule has 3 heterocycles. The van der Waals surface area contributed by atoms with E-state index in [4.69, 9.17) is 41.0 Å². The van der Waals surface area contributed by atoms with Crippen molar-refractivity contribution in [1.82, 2.24) is 20.9 Å². The molecule has 2 aromatic carbocycles. The highest BCUT2D eigenvalue weighted by molar-refractivity contribution is 9.09. The quantitative estimate of drug-likeness (QED) is 0.0195. The first-order valence-corrected chi connectivity index (χ1v) is 31.9. The van der Waals surface area contributed by atoms with Crippen molar-refractivity contribution in [2.75, 3.05) is 49.9 Å². The number of ketones is 2. The van der Waals surface area contributed by atoms with Gasteiger partial charge in [-0.05, 0) is 107 Å². The Kier molecular flexibility index (Phi) is 27.1. The first-order chi connectivity index (χ1) is 41.4. The molecule has 5 rings (SSSR count). The predicted molar refractivity (Wildman–Crippen MR) is 331 cm³/mol. The first kappa shape index (κ1) is 72.9. The molecule has 3 aliphatic heterocycles. The van der Waals surface area contributed by atoms with E-state index in [2.05, 4.69) is 47.8 Å². The van der Waals surface area contributed by atoms with Crippen molar-refractivity contribution < 1.29 is 80.7 Å². The van der Waals surface area contributed by atoms with Crippen LogP contribution in [-0.4, -0.2) is 156 Å². The third kappa shape index (κ3) is 19.3. The number of unbranched alkanes of at least 4 members (excludes halogenated alkanes) is 2. The maximum atomic E-state index is 16.2. The zero-order valence-electron chi connectivity index (χ0n) is 51.4. The van der Waals surface area contributed by atoms with Crippen LogP contribution in [0.15, 0.2) is 48.1 Å². The number of hydrogen-bond acceptors (Lipinski definition) is 15. The lowest BCUT2D eigenvalue weighted by atomic mass is 9.83. The number of aliphatic hydroxyl groups is 1. The lowest BCUT2D eigenvalue weighted by Gasteiger charge is -2.42. The molecule has 6 amide bonds. The number of fused-ring (bicyclic) bond motifs is 5. The molecule has 0 aromatic heterocycles. The molecule has 2 aromatic rings. The highest BCUT2D eigenvalue weighted by Gasteiger charge is 2.64. The van der Waals surface area contributed by atoms with Crippen LogP contribution in [-0.2, 0) is 65.3 Å². The molecule has 6 N–H and O–H groups in total. The molecule has 10 atom stereocenters. The number of rotatable bonds is 26. The number of alkyl halides is 2. The number of carbonyl (C=O) groups excluding carboxylic acids is 9. The number of amides is 6. The number of alkyl carbamates (subject to hydrolysis) is 1. The second kappa shape index (κ2) is 32.8. The number of allylic oxidation sites excluding steroid dienone is 3. The van der Waals surface area contributed by atoms with Crippen LogP contribution >= 0.6 is 43.5 Å². The molecule has 0 unspecified atom stereocenters. The number of primary amides is 1. The van der Waals surface area contributed by atoms with E-state index in [-0.39, 0.29) is 68.8 Å². The van der Waals surface area contributed by atoms with Gasteiger partial charge < -0.3 is 55.0 Å². The van der Waals surface area contributed by atoms with E-state index in [1.54, 1.807) is 52.8 Å². The standard InChI is InChI=1S/C62H83Br2ClF2N6O15/c1-33(2)42(27-41(74)17-12-11-13-21-85-58(80)40(31-63)32-64)55(77)70-46(18-15-20-69-59(68)81)48(75)26-39-25-45(67)43(28-44(39)66)56(78)72(8)37(6)57(79)87-51-29-52(76)73(9)47-24-38(23-35(4)53(47)65)22-34(3)16-14-19-50(84-10)62(83)30-49(86-60(82)71-62)36(5)54-61(51,7)88-54/h14,16,19,23-25,28,33,36-37,40,42,46,49-51,54,83H,11-13,15,17-18,20-22,26-27,29-32H2,1-10H3,(H,70,77)(H,71,82)(H3,68,69,81)/b19-14+,34-16+/t36-,37+,42+,46+,49+,50-,51+,54+,61+,62+/m1/s1. The lowest BCUT2D eigenvalue weighted by molar-refractivity contribution is -0.158. The zero-order chi connectivity index (χ0) is 65.5. The van der Waals surface area contributed by atoms with Gasteiger partial charge in [-0.25, -0.2) is 23.2 Å². The number of Topliss-reactive ketones (excluding diaryl/α,β-unsaturated/α-hetero) is 2. The Bertz CT molecular complexity index is 2970. The van der Waals surface area contributed by atoms with E-state index >= 15 is 8.78 Å². The molecule has 26 heteroatoms. The lowest BCUT2D eigenvalue weighted by Crippen LogP contribution is -2.63. The second-order valence-corrected chi connectivity index (χ2v) is 25.2. The SMILES string of the molecule is CO[C@@H]1/C=C/C=C(\C)Cc2cc(C)c(Cl)c(c2)N(C)C(=O)C[C@H](OC(=O)[C@H](C)N(C)C(=O)c2cc(F)c(CC(=O)[C@H](CCCNC(N)=O)NC(=O)[C@@H](CC(=O)CCCCCOC(=O)C(CBr)CBr)C(C)C)cc2F)[C@]2(C)O[C@H]2[C@H](C)[C@@H]2C[C@@]1(O)NC(=O)O2. The maximum absolute atomic E-state index is 16.2. The molecular formula is C62H83Br2ClF2N6O15. The number of likely N-dealkylation sites (N-methyl/N-ethyl adjacent to an activating group) is 1. The molecule has 0 spiro atoms. The summed E-state index contributed by atoms with van der Waals surface area (Å²) in [5.74, 6) is -9.36. The fourth-order valence-electron chi connectivity index (χ4n) is 10.8. The number of ether oxygens (including phenoxy) is 5. The number of nitrogens with two attached hydrogens (primary N) is 1. The molecule has 21 nitrogen and oxygen atoms in total. The Morgan fingerprint density at radius 1 is 1.00 bits per heavy atom. The van der Waals surface area contributed by atoms with Crippen molar-refractivity contribution >= 4 is 102 Å². The summed E-state index contributed by atoms with van der Waals surface area (Å²) >= 11 is 13.4. The van der Waals surface area contributed by atoms with E-state index < -0.39 is 137 Å². The van der Waals surface area contributed by atoms with Crippen molar-refractivity contribution in [3.8, 4) is 0 Å². The Hall–Kier alpha value is -5.86. The van der Waals surface area contributed by atoms with Crippen LogP contribution in [0.4, 0.5) is 24.1 Å². The number of benzene rings is 2. The number of halogens is 5. The number of anilines is 1. The highest BCUT2D eigenvalue weighted by Crippen LogP contribution is 2.49. The molecule has 2 fully saturated rings. The molecule has 0 radical (unpaired) electrons. The Morgan fingerprint density at radius 2 is 1.69 bits per heavy atom. The third-order valence-corrected chi connectivity index (χ3v) is 18.5. The fraction of sp³-hybridized carbons (Fsp3) is 0.597. The van der Waals surface area contributed by atoms with Crippen LogP contribution in [0.1, 0.15) is 126 Å². The van der Waals surface area contributed by atoms with Gasteiger partial charge in [0.2, 0.25) is 11.8 Å². The molecular weight excluding hydrogens is 1300 g/mol. The average Bonchev–Trinajstić information content (AvgIpc) is 1.65. The number of urea groups is 1. The van der Waals surface area contributed by atoms with Gasteiger partial charge in [0, 0.05) is 75.9 Å². The number of epoxide rings is 1. The van der Waals surface area contributed by atoms with Gasteiger partial charge in [0.05, 0.1) is 47.4 Å². The van der Waals surface area contributed by atoms with Crippen LogP contribution < -0.4 is 26.6 Å². The van der Waals surface area contributed by atoms with Gasteiger partial charge in [-0.3, -0.25) is 34.1 Å². The van der Waals surface area contributed by atoms with Crippen molar-refractivity contribution in [2.45, 2.75) is 167 Å². The Balaban J connectivity index is 1.33. The normalized spacial score (nSPS) is 24.1. The zero-order valence-corrected chi connectivity index (χ0v) is 55.4. The minimum atomic E-state index is -1.94. The largest absolute Gasteiger partial charge is 0.465 e. The average molecular weight is 1390 g/mol. The van der Waals surface area contributed by atoms with E-state index in [1.807, 2.05) is 19.1 Å². The number of carbonyl (C=O) groups is 9. The van der Waals surface area contributed by atoms with Crippen molar-refractivity contribution in [3.05, 3.63) is 87.0 Å². The van der Waals surface area contributed by atoms with Gasteiger partial charge in [0.15, 0.2) is 11.5 Å². The number of nitrogens with zero attached hydrogens (tertiary/aromatic N) is 2. The summed E-state index contributed by atoms with van der Waals surface area (Å²) in [6, 6.07) is 1.26. The van der Waals surface area contributed by atoms with Gasteiger partial charge in [-0.15, -0.1) is 0 Å². The van der Waals surface area contributed by atoms with Crippen molar-refractivity contribution in [1.29, 1.82) is 0 Å². The Labute approximate surface area is 534 Å². The molecule has 0 saturated carbocycles. The second-order valence-electron chi connectivity index (χ2n) is 23.6. The van der Waals surface area contributed by atoms with Gasteiger partial charge in [0.25, 0.3) is 5.91 Å². The predicted octanol–water partition coefficient (Wildman–Crippen LogP) is 8.19. The first-order valence-electron chi connectivity index (χ1n) is 29.3. The molecule has 2 saturated heterocycles. The van der Waals surface area contributed by atoms with Gasteiger partial charge in [-0.2, -0.15) is 0 Å². The summed E-state index contributed by atoms with van der Waals surface area (Å²) in [4.78, 5) is 123. The summed E-state index contributed by atoms with van der Waals surface area (Å²) in [5, 5.41) is 20.7. The van der Waals surface area contributed by atoms with Crippen molar-refractivity contribution in [3.63, 3.8) is 0 Å². The fourth-order valence-corrected chi connectivity index (χ4v) is 12.6. The number of hydrogen-bond donors (Lipinski definition) is 5.